The molecule has 2 rings (SSSR count). The Balaban J connectivity index is 2.43. The van der Waals surface area contributed by atoms with Crippen molar-refractivity contribution in [2.75, 3.05) is 5.75 Å². The third kappa shape index (κ3) is 1.57. The molecule has 58 valence electrons. The average Bonchev–Trinajstić information content (AvgIpc) is 2.04. The van der Waals surface area contributed by atoms with Crippen LogP contribution in [0.3, 0.4) is 0 Å². The highest BCUT2D eigenvalue weighted by Crippen LogP contribution is 2.39. The first-order valence-electron chi connectivity index (χ1n) is 3.75. The summed E-state index contributed by atoms with van der Waals surface area (Å²) in [7, 11) is 3.88. The van der Waals surface area contributed by atoms with Gasteiger partial charge < -0.3 is 0 Å². The van der Waals surface area contributed by atoms with Crippen LogP contribution in [-0.4, -0.2) is 5.75 Å². The second kappa shape index (κ2) is 3.11. The lowest BCUT2D eigenvalue weighted by Gasteiger charge is -2.13. The van der Waals surface area contributed by atoms with Gasteiger partial charge in [-0.2, -0.15) is 0 Å². The predicted octanol–water partition coefficient (Wildman–Crippen LogP) is 3.29. The van der Waals surface area contributed by atoms with E-state index in [2.05, 4.69) is 25.1 Å². The molecule has 0 unspecified atom stereocenters. The predicted molar refractivity (Wildman–Crippen MR) is 53.2 cm³/mol. The standard InChI is InChI=1S/C9H10S2/c1-7-2-3-8-4-5-10-11-9(8)6-7/h2-3,6H,4-5H2,1H3. The van der Waals surface area contributed by atoms with Gasteiger partial charge >= 0.3 is 0 Å². The first-order chi connectivity index (χ1) is 5.36. The summed E-state index contributed by atoms with van der Waals surface area (Å²) in [5.74, 6) is 1.26. The molecule has 0 aliphatic carbocycles. The van der Waals surface area contributed by atoms with Crippen LogP contribution < -0.4 is 0 Å². The highest BCUT2D eigenvalue weighted by molar-refractivity contribution is 8.76. The van der Waals surface area contributed by atoms with Crippen LogP contribution >= 0.6 is 21.6 Å². The van der Waals surface area contributed by atoms with E-state index in [1.54, 1.807) is 0 Å². The zero-order chi connectivity index (χ0) is 7.68. The normalized spacial score (nSPS) is 16.1. The zero-order valence-corrected chi connectivity index (χ0v) is 8.10. The number of hydrogen-bond acceptors (Lipinski definition) is 2. The van der Waals surface area contributed by atoms with E-state index < -0.39 is 0 Å². The summed E-state index contributed by atoms with van der Waals surface area (Å²) in [6.07, 6.45) is 1.24. The van der Waals surface area contributed by atoms with Crippen molar-refractivity contribution in [1.29, 1.82) is 0 Å². The molecule has 0 atom stereocenters. The Bertz CT molecular complexity index is 268. The van der Waals surface area contributed by atoms with Crippen LogP contribution in [0.1, 0.15) is 11.1 Å². The number of hydrogen-bond donors (Lipinski definition) is 0. The van der Waals surface area contributed by atoms with Crippen LogP contribution in [0.2, 0.25) is 0 Å². The molecular weight excluding hydrogens is 172 g/mol. The van der Waals surface area contributed by atoms with Gasteiger partial charge in [0, 0.05) is 10.6 Å². The average molecular weight is 182 g/mol. The fourth-order valence-electron chi connectivity index (χ4n) is 1.20. The van der Waals surface area contributed by atoms with Crippen molar-refractivity contribution < 1.29 is 0 Å². The van der Waals surface area contributed by atoms with Gasteiger partial charge in [-0.1, -0.05) is 33.7 Å². The highest BCUT2D eigenvalue weighted by Gasteiger charge is 2.08. The summed E-state index contributed by atoms with van der Waals surface area (Å²) in [4.78, 5) is 1.47. The van der Waals surface area contributed by atoms with Crippen molar-refractivity contribution >= 4 is 21.6 Å². The zero-order valence-electron chi connectivity index (χ0n) is 6.46. The van der Waals surface area contributed by atoms with Crippen molar-refractivity contribution in [3.63, 3.8) is 0 Å². The summed E-state index contributed by atoms with van der Waals surface area (Å²) in [6, 6.07) is 6.75. The molecule has 0 amide bonds. The second-order valence-corrected chi connectivity index (χ2v) is 5.22. The third-order valence-electron chi connectivity index (χ3n) is 1.83. The van der Waals surface area contributed by atoms with Crippen molar-refractivity contribution in [1.82, 2.24) is 0 Å². The van der Waals surface area contributed by atoms with Gasteiger partial charge in [0.2, 0.25) is 0 Å². The van der Waals surface area contributed by atoms with Crippen molar-refractivity contribution in [2.24, 2.45) is 0 Å². The fourth-order valence-corrected chi connectivity index (χ4v) is 3.57. The van der Waals surface area contributed by atoms with Crippen molar-refractivity contribution in [3.05, 3.63) is 29.3 Å². The Morgan fingerprint density at radius 1 is 1.36 bits per heavy atom. The molecule has 0 aromatic heterocycles. The number of benzene rings is 1. The molecule has 0 spiro atoms. The number of rotatable bonds is 0. The molecule has 1 aliphatic rings. The third-order valence-corrected chi connectivity index (χ3v) is 4.27. The minimum absolute atomic E-state index is 1.24. The van der Waals surface area contributed by atoms with E-state index in [1.807, 2.05) is 21.6 Å². The summed E-state index contributed by atoms with van der Waals surface area (Å²) < 4.78 is 0. The molecule has 1 aromatic carbocycles. The summed E-state index contributed by atoms with van der Waals surface area (Å²) in [5, 5.41) is 0. The van der Waals surface area contributed by atoms with E-state index in [1.165, 1.54) is 28.2 Å². The van der Waals surface area contributed by atoms with E-state index in [0.29, 0.717) is 0 Å². The van der Waals surface area contributed by atoms with Crippen LogP contribution in [0.25, 0.3) is 0 Å². The lowest BCUT2D eigenvalue weighted by molar-refractivity contribution is 1.09. The minimum atomic E-state index is 1.24. The molecule has 1 heterocycles. The van der Waals surface area contributed by atoms with Gasteiger partial charge in [-0.15, -0.1) is 0 Å². The Labute approximate surface area is 75.2 Å². The maximum atomic E-state index is 2.28. The van der Waals surface area contributed by atoms with Gasteiger partial charge in [-0.25, -0.2) is 0 Å². The summed E-state index contributed by atoms with van der Waals surface area (Å²) in [6.45, 7) is 2.15. The Morgan fingerprint density at radius 3 is 3.18 bits per heavy atom. The number of fused-ring (bicyclic) bond motifs is 1. The van der Waals surface area contributed by atoms with Crippen LogP contribution in [0.5, 0.6) is 0 Å². The van der Waals surface area contributed by atoms with Crippen molar-refractivity contribution in [2.45, 2.75) is 18.2 Å². The molecule has 11 heavy (non-hydrogen) atoms. The molecule has 0 saturated carbocycles. The van der Waals surface area contributed by atoms with E-state index in [0.717, 1.165) is 0 Å². The molecule has 0 saturated heterocycles. The quantitative estimate of drug-likeness (QED) is 0.565. The largest absolute Gasteiger partial charge is 0.0886 e. The first kappa shape index (κ1) is 7.56. The van der Waals surface area contributed by atoms with E-state index in [4.69, 9.17) is 0 Å². The Kier molecular flexibility index (Phi) is 2.14. The molecule has 1 aromatic rings. The molecule has 0 N–H and O–H groups in total. The van der Waals surface area contributed by atoms with Gasteiger partial charge in [0.25, 0.3) is 0 Å². The topological polar surface area (TPSA) is 0 Å². The van der Waals surface area contributed by atoms with Crippen LogP contribution in [-0.2, 0) is 6.42 Å². The molecular formula is C9H10S2. The number of aryl methyl sites for hydroxylation is 2. The van der Waals surface area contributed by atoms with E-state index in [9.17, 15) is 0 Å². The lowest BCUT2D eigenvalue weighted by Crippen LogP contribution is -1.95. The maximum absolute atomic E-state index is 2.28. The molecule has 2 heteroatoms. The van der Waals surface area contributed by atoms with Gasteiger partial charge in [0.15, 0.2) is 0 Å². The molecule has 1 aliphatic heterocycles. The summed E-state index contributed by atoms with van der Waals surface area (Å²) >= 11 is 0. The van der Waals surface area contributed by atoms with E-state index in [-0.39, 0.29) is 0 Å². The smallest absolute Gasteiger partial charge is 0.0217 e. The SMILES string of the molecule is Cc1ccc2c(c1)SSCC2. The first-order valence-corrected chi connectivity index (χ1v) is 6.07. The van der Waals surface area contributed by atoms with Crippen molar-refractivity contribution in [3.8, 4) is 0 Å². The summed E-state index contributed by atoms with van der Waals surface area (Å²) in [5.41, 5.74) is 2.90. The van der Waals surface area contributed by atoms with Crippen LogP contribution in [0.4, 0.5) is 0 Å². The fraction of sp³-hybridized carbons (Fsp3) is 0.333. The minimum Gasteiger partial charge on any atom is -0.0886 e. The monoisotopic (exact) mass is 182 g/mol. The van der Waals surface area contributed by atoms with Crippen LogP contribution in [0, 0.1) is 6.92 Å². The molecule has 0 fully saturated rings. The van der Waals surface area contributed by atoms with Gasteiger partial charge in [-0.3, -0.25) is 0 Å². The van der Waals surface area contributed by atoms with Gasteiger partial charge in [0.05, 0.1) is 0 Å². The lowest BCUT2D eigenvalue weighted by atomic mass is 10.1. The maximum Gasteiger partial charge on any atom is 0.0217 e. The highest BCUT2D eigenvalue weighted by atomic mass is 33.1. The second-order valence-electron chi connectivity index (χ2n) is 2.77. The molecule has 0 bridgehead atoms. The Morgan fingerprint density at radius 2 is 2.27 bits per heavy atom. The van der Waals surface area contributed by atoms with Gasteiger partial charge in [-0.05, 0) is 30.5 Å². The van der Waals surface area contributed by atoms with E-state index >= 15 is 0 Å². The molecule has 0 nitrogen and oxygen atoms in total. The molecule has 0 radical (unpaired) electrons. The Hall–Kier alpha value is -0.0800. The van der Waals surface area contributed by atoms with Gasteiger partial charge in [0.1, 0.15) is 0 Å². The van der Waals surface area contributed by atoms with Crippen LogP contribution in [0.15, 0.2) is 23.1 Å².